The van der Waals surface area contributed by atoms with Crippen molar-refractivity contribution < 1.29 is 8.42 Å². The van der Waals surface area contributed by atoms with Gasteiger partial charge in [0.2, 0.25) is 10.0 Å². The second kappa shape index (κ2) is 4.79. The fourth-order valence-electron chi connectivity index (χ4n) is 1.39. The summed E-state index contributed by atoms with van der Waals surface area (Å²) in [5.74, 6) is 0. The van der Waals surface area contributed by atoms with Gasteiger partial charge in [-0.25, -0.2) is 18.1 Å². The van der Waals surface area contributed by atoms with Crippen molar-refractivity contribution in [3.63, 3.8) is 0 Å². The average Bonchev–Trinajstić information content (AvgIpc) is 2.85. The van der Waals surface area contributed by atoms with Gasteiger partial charge >= 0.3 is 0 Å². The van der Waals surface area contributed by atoms with Crippen LogP contribution in [0.5, 0.6) is 0 Å². The first-order chi connectivity index (χ1) is 8.38. The normalized spacial score (nSPS) is 11.9. The Bertz CT molecular complexity index is 638. The van der Waals surface area contributed by atoms with Gasteiger partial charge < -0.3 is 0 Å². The highest BCUT2D eigenvalue weighted by Crippen LogP contribution is 2.17. The Balaban J connectivity index is 2.10. The molecule has 0 aliphatic rings. The zero-order valence-electron chi connectivity index (χ0n) is 10.3. The molecule has 2 aromatic rings. The molecule has 98 valence electrons. The predicted molar refractivity (Wildman–Crippen MR) is 68.8 cm³/mol. The molecule has 0 fully saturated rings. The molecule has 18 heavy (non-hydrogen) atoms. The van der Waals surface area contributed by atoms with Gasteiger partial charge in [-0.15, -0.1) is 11.3 Å². The fourth-order valence-corrected chi connectivity index (χ4v) is 3.33. The van der Waals surface area contributed by atoms with Gasteiger partial charge in [0.1, 0.15) is 9.90 Å². The molecule has 2 heterocycles. The Labute approximate surface area is 110 Å². The minimum atomic E-state index is -3.51. The van der Waals surface area contributed by atoms with Crippen molar-refractivity contribution in [2.75, 3.05) is 0 Å². The first kappa shape index (κ1) is 13.2. The van der Waals surface area contributed by atoms with Gasteiger partial charge in [0.25, 0.3) is 0 Å². The van der Waals surface area contributed by atoms with Gasteiger partial charge in [0.15, 0.2) is 0 Å². The Morgan fingerprint density at radius 2 is 2.17 bits per heavy atom. The summed E-state index contributed by atoms with van der Waals surface area (Å²) in [5.41, 5.74) is 0.940. The lowest BCUT2D eigenvalue weighted by atomic mass is 10.4. The number of thiazole rings is 1. The first-order valence-electron chi connectivity index (χ1n) is 5.30. The van der Waals surface area contributed by atoms with Crippen LogP contribution < -0.4 is 4.72 Å². The number of sulfonamides is 1. The van der Waals surface area contributed by atoms with Gasteiger partial charge in [-0.3, -0.25) is 4.68 Å². The van der Waals surface area contributed by atoms with E-state index in [9.17, 15) is 8.42 Å². The molecule has 2 rings (SSSR count). The maximum absolute atomic E-state index is 11.9. The van der Waals surface area contributed by atoms with Gasteiger partial charge in [0, 0.05) is 18.1 Å². The van der Waals surface area contributed by atoms with Gasteiger partial charge in [-0.1, -0.05) is 0 Å². The number of hydrogen-bond acceptors (Lipinski definition) is 5. The topological polar surface area (TPSA) is 76.9 Å². The van der Waals surface area contributed by atoms with Gasteiger partial charge in [0.05, 0.1) is 18.4 Å². The van der Waals surface area contributed by atoms with E-state index in [1.54, 1.807) is 7.05 Å². The summed E-state index contributed by atoms with van der Waals surface area (Å²) in [6.45, 7) is 4.08. The molecule has 0 saturated heterocycles. The standard InChI is InChI=1S/C10H14N4O2S2/c1-7-8(2)17-10(13-7)5-12-18(15,16)9-4-11-14(3)6-9/h4,6,12H,5H2,1-3H3. The molecule has 0 saturated carbocycles. The molecule has 0 atom stereocenters. The van der Waals surface area contributed by atoms with Crippen LogP contribution in [0.3, 0.4) is 0 Å². The fraction of sp³-hybridized carbons (Fsp3) is 0.400. The third-order valence-corrected chi connectivity index (χ3v) is 4.91. The van der Waals surface area contributed by atoms with Crippen LogP contribution in [0.15, 0.2) is 17.3 Å². The van der Waals surface area contributed by atoms with Crippen LogP contribution in [-0.2, 0) is 23.6 Å². The van der Waals surface area contributed by atoms with E-state index in [2.05, 4.69) is 14.8 Å². The minimum Gasteiger partial charge on any atom is -0.274 e. The van der Waals surface area contributed by atoms with Crippen molar-refractivity contribution in [3.8, 4) is 0 Å². The number of nitrogens with one attached hydrogen (secondary N) is 1. The lowest BCUT2D eigenvalue weighted by Gasteiger charge is -2.01. The van der Waals surface area contributed by atoms with Crippen molar-refractivity contribution in [1.29, 1.82) is 0 Å². The van der Waals surface area contributed by atoms with Crippen molar-refractivity contribution in [2.24, 2.45) is 7.05 Å². The first-order valence-corrected chi connectivity index (χ1v) is 7.59. The van der Waals surface area contributed by atoms with E-state index in [0.29, 0.717) is 0 Å². The largest absolute Gasteiger partial charge is 0.274 e. The van der Waals surface area contributed by atoms with Crippen LogP contribution in [0.2, 0.25) is 0 Å². The molecule has 0 aromatic carbocycles. The van der Waals surface area contributed by atoms with Crippen LogP contribution in [0.4, 0.5) is 0 Å². The van der Waals surface area contributed by atoms with Crippen LogP contribution in [-0.4, -0.2) is 23.2 Å². The molecule has 8 heteroatoms. The number of aromatic nitrogens is 3. The lowest BCUT2D eigenvalue weighted by Crippen LogP contribution is -2.22. The zero-order chi connectivity index (χ0) is 13.3. The van der Waals surface area contributed by atoms with Crippen LogP contribution in [0.1, 0.15) is 15.6 Å². The SMILES string of the molecule is Cc1nc(CNS(=O)(=O)c2cnn(C)c2)sc1C. The summed E-state index contributed by atoms with van der Waals surface area (Å²) in [5, 5.41) is 4.60. The predicted octanol–water partition coefficient (Wildman–Crippen LogP) is 0.972. The van der Waals surface area contributed by atoms with Crippen molar-refractivity contribution in [2.45, 2.75) is 25.3 Å². The second-order valence-corrected chi connectivity index (χ2v) is 6.98. The molecule has 0 unspecified atom stereocenters. The van der Waals surface area contributed by atoms with Crippen molar-refractivity contribution in [1.82, 2.24) is 19.5 Å². The third-order valence-electron chi connectivity index (χ3n) is 2.48. The Kier molecular flexibility index (Phi) is 3.51. The highest BCUT2D eigenvalue weighted by atomic mass is 32.2. The van der Waals surface area contributed by atoms with Crippen molar-refractivity contribution >= 4 is 21.4 Å². The average molecular weight is 286 g/mol. The number of rotatable bonds is 4. The monoisotopic (exact) mass is 286 g/mol. The second-order valence-electron chi connectivity index (χ2n) is 3.92. The Hall–Kier alpha value is -1.25. The van der Waals surface area contributed by atoms with Crippen LogP contribution >= 0.6 is 11.3 Å². The minimum absolute atomic E-state index is 0.162. The summed E-state index contributed by atoms with van der Waals surface area (Å²) in [6, 6.07) is 0. The van der Waals surface area contributed by atoms with Crippen LogP contribution in [0, 0.1) is 13.8 Å². The molecule has 0 radical (unpaired) electrons. The van der Waals surface area contributed by atoms with Crippen LogP contribution in [0.25, 0.3) is 0 Å². The maximum Gasteiger partial charge on any atom is 0.244 e. The summed E-state index contributed by atoms with van der Waals surface area (Å²) >= 11 is 1.50. The van der Waals surface area contributed by atoms with E-state index >= 15 is 0 Å². The van der Waals surface area contributed by atoms with E-state index in [4.69, 9.17) is 0 Å². The zero-order valence-corrected chi connectivity index (χ0v) is 12.0. The quantitative estimate of drug-likeness (QED) is 0.908. The lowest BCUT2D eigenvalue weighted by molar-refractivity contribution is 0.581. The summed E-state index contributed by atoms with van der Waals surface area (Å²) in [4.78, 5) is 5.55. The Morgan fingerprint density at radius 3 is 2.67 bits per heavy atom. The molecular formula is C10H14N4O2S2. The number of aryl methyl sites for hydroxylation is 3. The molecule has 0 amide bonds. The summed E-state index contributed by atoms with van der Waals surface area (Å²) in [6.07, 6.45) is 2.78. The van der Waals surface area contributed by atoms with Crippen molar-refractivity contribution in [3.05, 3.63) is 28.0 Å². The van der Waals surface area contributed by atoms with E-state index < -0.39 is 10.0 Å². The molecule has 0 aliphatic carbocycles. The Morgan fingerprint density at radius 1 is 1.44 bits per heavy atom. The van der Waals surface area contributed by atoms with E-state index in [1.807, 2.05) is 13.8 Å². The smallest absolute Gasteiger partial charge is 0.244 e. The molecule has 6 nitrogen and oxygen atoms in total. The van der Waals surface area contributed by atoms with E-state index in [-0.39, 0.29) is 11.4 Å². The highest BCUT2D eigenvalue weighted by Gasteiger charge is 2.16. The number of hydrogen-bond donors (Lipinski definition) is 1. The van der Waals surface area contributed by atoms with Gasteiger partial charge in [-0.05, 0) is 13.8 Å². The maximum atomic E-state index is 11.9. The molecular weight excluding hydrogens is 272 g/mol. The highest BCUT2D eigenvalue weighted by molar-refractivity contribution is 7.89. The van der Waals surface area contributed by atoms with E-state index in [0.717, 1.165) is 15.6 Å². The summed E-state index contributed by atoms with van der Waals surface area (Å²) in [7, 11) is -1.83. The molecule has 0 aliphatic heterocycles. The summed E-state index contributed by atoms with van der Waals surface area (Å²) < 4.78 is 27.8. The third kappa shape index (κ3) is 2.77. The van der Waals surface area contributed by atoms with Gasteiger partial charge in [-0.2, -0.15) is 5.10 Å². The molecule has 1 N–H and O–H groups in total. The number of nitrogens with zero attached hydrogens (tertiary/aromatic N) is 3. The van der Waals surface area contributed by atoms with E-state index in [1.165, 1.54) is 28.4 Å². The molecule has 2 aromatic heterocycles. The molecule has 0 spiro atoms. The molecule has 0 bridgehead atoms.